The molecule has 90 valence electrons. The van der Waals surface area contributed by atoms with Crippen molar-refractivity contribution in [2.24, 2.45) is 0 Å². The first-order valence-electron chi connectivity index (χ1n) is 5.24. The topological polar surface area (TPSA) is 52.0 Å². The zero-order valence-electron chi connectivity index (χ0n) is 9.07. The first-order chi connectivity index (χ1) is 8.16. The first kappa shape index (κ1) is 11.6. The van der Waals surface area contributed by atoms with E-state index in [1.165, 1.54) is 6.20 Å². The summed E-state index contributed by atoms with van der Waals surface area (Å²) in [6, 6.07) is 7.27. The largest absolute Gasteiger partial charge is 0.367 e. The molecule has 0 saturated heterocycles. The van der Waals surface area contributed by atoms with Crippen LogP contribution in [0.1, 0.15) is 12.0 Å². The van der Waals surface area contributed by atoms with Crippen molar-refractivity contribution in [3.05, 3.63) is 36.0 Å². The number of aryl methyl sites for hydroxylation is 1. The summed E-state index contributed by atoms with van der Waals surface area (Å²) in [6.07, 6.45) is -0.474. The highest BCUT2D eigenvalue weighted by Crippen LogP contribution is 2.25. The number of hydrogen-bond donors (Lipinski definition) is 1. The Labute approximate surface area is 97.2 Å². The third-order valence-corrected chi connectivity index (χ3v) is 2.51. The quantitative estimate of drug-likeness (QED) is 0.890. The first-order valence-corrected chi connectivity index (χ1v) is 5.24. The second-order valence-electron chi connectivity index (χ2n) is 3.73. The third kappa shape index (κ3) is 2.81. The molecule has 17 heavy (non-hydrogen) atoms. The highest BCUT2D eigenvalue weighted by molar-refractivity contribution is 5.71. The van der Waals surface area contributed by atoms with E-state index < -0.39 is 6.43 Å². The van der Waals surface area contributed by atoms with Gasteiger partial charge in [0, 0.05) is 6.42 Å². The lowest BCUT2D eigenvalue weighted by atomic mass is 10.0. The number of rotatable bonds is 4. The Bertz CT molecular complexity index is 480. The molecule has 0 radical (unpaired) electrons. The molecule has 1 heterocycles. The Balaban J connectivity index is 2.11. The van der Waals surface area contributed by atoms with Gasteiger partial charge in [0.2, 0.25) is 12.3 Å². The van der Waals surface area contributed by atoms with Crippen LogP contribution in [0.5, 0.6) is 0 Å². The number of anilines is 1. The van der Waals surface area contributed by atoms with Crippen molar-refractivity contribution in [3.63, 3.8) is 0 Å². The molecule has 0 atom stereocenters. The van der Waals surface area contributed by atoms with Gasteiger partial charge in [-0.15, -0.1) is 0 Å². The van der Waals surface area contributed by atoms with E-state index in [4.69, 9.17) is 10.3 Å². The maximum atomic E-state index is 12.0. The molecule has 5 heteroatoms. The minimum atomic E-state index is -2.26. The fourth-order valence-corrected chi connectivity index (χ4v) is 1.59. The molecular weight excluding hydrogens is 226 g/mol. The van der Waals surface area contributed by atoms with Gasteiger partial charge in [0.1, 0.15) is 0 Å². The van der Waals surface area contributed by atoms with Crippen LogP contribution in [0.25, 0.3) is 11.1 Å². The highest BCUT2D eigenvalue weighted by atomic mass is 19.3. The van der Waals surface area contributed by atoms with E-state index in [0.717, 1.165) is 11.1 Å². The molecule has 3 nitrogen and oxygen atoms in total. The summed E-state index contributed by atoms with van der Waals surface area (Å²) >= 11 is 0. The number of alkyl halides is 2. The van der Waals surface area contributed by atoms with Gasteiger partial charge in [0.15, 0.2) is 0 Å². The Morgan fingerprint density at radius 2 is 1.94 bits per heavy atom. The van der Waals surface area contributed by atoms with Crippen molar-refractivity contribution in [1.82, 2.24) is 5.16 Å². The molecule has 1 aromatic carbocycles. The summed E-state index contributed by atoms with van der Waals surface area (Å²) in [5, 5.41) is 3.58. The van der Waals surface area contributed by atoms with Crippen molar-refractivity contribution in [1.29, 1.82) is 0 Å². The Morgan fingerprint density at radius 3 is 2.47 bits per heavy atom. The Hall–Kier alpha value is -1.91. The van der Waals surface area contributed by atoms with Crippen molar-refractivity contribution >= 4 is 5.88 Å². The lowest BCUT2D eigenvalue weighted by Gasteiger charge is -2.02. The third-order valence-electron chi connectivity index (χ3n) is 2.51. The molecule has 0 aliphatic carbocycles. The van der Waals surface area contributed by atoms with Crippen LogP contribution in [0.3, 0.4) is 0 Å². The van der Waals surface area contributed by atoms with E-state index in [2.05, 4.69) is 5.16 Å². The van der Waals surface area contributed by atoms with E-state index in [1.54, 1.807) is 0 Å². The molecule has 1 aromatic heterocycles. The lowest BCUT2D eigenvalue weighted by Crippen LogP contribution is -1.94. The molecule has 0 aliphatic rings. The summed E-state index contributed by atoms with van der Waals surface area (Å²) in [4.78, 5) is 0. The van der Waals surface area contributed by atoms with Gasteiger partial charge in [-0.25, -0.2) is 8.78 Å². The molecule has 0 spiro atoms. The van der Waals surface area contributed by atoms with Gasteiger partial charge in [-0.05, 0) is 17.5 Å². The highest BCUT2D eigenvalue weighted by Gasteiger charge is 2.07. The predicted octanol–water partition coefficient (Wildman–Crippen LogP) is 3.12. The number of benzene rings is 1. The van der Waals surface area contributed by atoms with Gasteiger partial charge in [-0.3, -0.25) is 0 Å². The van der Waals surface area contributed by atoms with Crippen LogP contribution in [0, 0.1) is 0 Å². The van der Waals surface area contributed by atoms with Crippen molar-refractivity contribution < 1.29 is 13.3 Å². The number of hydrogen-bond acceptors (Lipinski definition) is 3. The fourth-order valence-electron chi connectivity index (χ4n) is 1.59. The zero-order chi connectivity index (χ0) is 12.3. The zero-order valence-corrected chi connectivity index (χ0v) is 9.07. The maximum absolute atomic E-state index is 12.0. The fraction of sp³-hybridized carbons (Fsp3) is 0.250. The summed E-state index contributed by atoms with van der Waals surface area (Å²) in [6.45, 7) is 0. The second-order valence-corrected chi connectivity index (χ2v) is 3.73. The van der Waals surface area contributed by atoms with Crippen molar-refractivity contribution in [2.45, 2.75) is 19.3 Å². The molecule has 2 rings (SSSR count). The molecule has 2 N–H and O–H groups in total. The minimum Gasteiger partial charge on any atom is -0.367 e. The van der Waals surface area contributed by atoms with Crippen LogP contribution in [0.4, 0.5) is 14.7 Å². The summed E-state index contributed by atoms with van der Waals surface area (Å²) in [7, 11) is 0. The standard InChI is InChI=1S/C12H12F2N2O/c13-11(14)6-3-8-1-4-9(5-2-8)10-7-16-17-12(10)15/h1-2,4-5,7,11H,3,6,15H2. The summed E-state index contributed by atoms with van der Waals surface area (Å²) < 4.78 is 28.8. The SMILES string of the molecule is Nc1oncc1-c1ccc(CCC(F)F)cc1. The van der Waals surface area contributed by atoms with E-state index in [9.17, 15) is 8.78 Å². The maximum Gasteiger partial charge on any atom is 0.239 e. The molecule has 0 unspecified atom stereocenters. The van der Waals surface area contributed by atoms with Gasteiger partial charge in [-0.1, -0.05) is 29.4 Å². The molecule has 2 aromatic rings. The van der Waals surface area contributed by atoms with Gasteiger partial charge in [-0.2, -0.15) is 0 Å². The summed E-state index contributed by atoms with van der Waals surface area (Å²) in [5.74, 6) is 0.255. The van der Waals surface area contributed by atoms with E-state index >= 15 is 0 Å². The average molecular weight is 238 g/mol. The number of aromatic nitrogens is 1. The van der Waals surface area contributed by atoms with E-state index in [0.29, 0.717) is 12.0 Å². The van der Waals surface area contributed by atoms with E-state index in [-0.39, 0.29) is 12.3 Å². The molecular formula is C12H12F2N2O. The smallest absolute Gasteiger partial charge is 0.239 e. The second kappa shape index (κ2) is 4.95. The van der Waals surface area contributed by atoms with Gasteiger partial charge < -0.3 is 10.3 Å². The van der Waals surface area contributed by atoms with Crippen molar-refractivity contribution in [3.8, 4) is 11.1 Å². The molecule has 0 saturated carbocycles. The predicted molar refractivity (Wildman–Crippen MR) is 60.7 cm³/mol. The molecule has 0 bridgehead atoms. The van der Waals surface area contributed by atoms with Gasteiger partial charge >= 0.3 is 0 Å². The molecule has 0 fully saturated rings. The average Bonchev–Trinajstić information content (AvgIpc) is 2.73. The normalized spacial score (nSPS) is 11.0. The van der Waals surface area contributed by atoms with Gasteiger partial charge in [0.25, 0.3) is 0 Å². The Morgan fingerprint density at radius 1 is 1.24 bits per heavy atom. The van der Waals surface area contributed by atoms with Crippen LogP contribution < -0.4 is 5.73 Å². The Kier molecular flexibility index (Phi) is 3.37. The molecule has 0 amide bonds. The van der Waals surface area contributed by atoms with Crippen LogP contribution in [0.15, 0.2) is 35.0 Å². The van der Waals surface area contributed by atoms with Crippen LogP contribution in [-0.4, -0.2) is 11.6 Å². The van der Waals surface area contributed by atoms with Crippen LogP contribution >= 0.6 is 0 Å². The lowest BCUT2D eigenvalue weighted by molar-refractivity contribution is 0.138. The molecule has 0 aliphatic heterocycles. The van der Waals surface area contributed by atoms with Crippen LogP contribution in [-0.2, 0) is 6.42 Å². The summed E-state index contributed by atoms with van der Waals surface area (Å²) in [5.41, 5.74) is 8.04. The number of nitrogens with zero attached hydrogens (tertiary/aromatic N) is 1. The van der Waals surface area contributed by atoms with Crippen molar-refractivity contribution in [2.75, 3.05) is 5.73 Å². The van der Waals surface area contributed by atoms with Crippen LogP contribution in [0.2, 0.25) is 0 Å². The number of halogens is 2. The number of nitrogen functional groups attached to an aromatic ring is 1. The van der Waals surface area contributed by atoms with E-state index in [1.807, 2.05) is 24.3 Å². The minimum absolute atomic E-state index is 0.116. The van der Waals surface area contributed by atoms with Gasteiger partial charge in [0.05, 0.1) is 11.8 Å². The monoisotopic (exact) mass is 238 g/mol. The number of nitrogens with two attached hydrogens (primary N) is 1.